The molecule has 0 saturated carbocycles. The van der Waals surface area contributed by atoms with Crippen molar-refractivity contribution < 1.29 is 14.0 Å². The van der Waals surface area contributed by atoms with Crippen LogP contribution in [-0.4, -0.2) is 29.3 Å². The Hall–Kier alpha value is -3.21. The topological polar surface area (TPSA) is 49.4 Å². The zero-order valence-corrected chi connectivity index (χ0v) is 19.7. The molecule has 1 unspecified atom stereocenters. The predicted molar refractivity (Wildman–Crippen MR) is 131 cm³/mol. The number of rotatable bonds is 10. The average molecular weight is 449 g/mol. The van der Waals surface area contributed by atoms with Crippen LogP contribution >= 0.6 is 0 Å². The number of hydrogen-bond donors (Lipinski definition) is 1. The van der Waals surface area contributed by atoms with Crippen molar-refractivity contribution in [1.82, 2.24) is 10.2 Å². The van der Waals surface area contributed by atoms with E-state index >= 15 is 0 Å². The van der Waals surface area contributed by atoms with Gasteiger partial charge in [0.05, 0.1) is 0 Å². The molecule has 5 heteroatoms. The first-order chi connectivity index (χ1) is 15.9. The lowest BCUT2D eigenvalue weighted by Gasteiger charge is -2.31. The maximum absolute atomic E-state index is 13.4. The molecule has 0 bridgehead atoms. The number of aryl methyl sites for hydroxylation is 1. The Balaban J connectivity index is 1.81. The third kappa shape index (κ3) is 6.64. The van der Waals surface area contributed by atoms with Gasteiger partial charge in [0.15, 0.2) is 0 Å². The molecule has 0 aliphatic rings. The van der Waals surface area contributed by atoms with E-state index in [-0.39, 0.29) is 24.2 Å². The molecule has 3 aromatic carbocycles. The van der Waals surface area contributed by atoms with Crippen molar-refractivity contribution >= 4 is 22.6 Å². The molecule has 0 radical (unpaired) electrons. The van der Waals surface area contributed by atoms with Crippen molar-refractivity contribution in [3.05, 3.63) is 83.7 Å². The number of halogens is 1. The summed E-state index contributed by atoms with van der Waals surface area (Å²) >= 11 is 0. The van der Waals surface area contributed by atoms with Gasteiger partial charge >= 0.3 is 0 Å². The van der Waals surface area contributed by atoms with Crippen molar-refractivity contribution in [3.8, 4) is 0 Å². The quantitative estimate of drug-likeness (QED) is 0.446. The van der Waals surface area contributed by atoms with Gasteiger partial charge in [-0.3, -0.25) is 9.59 Å². The molecule has 0 saturated heterocycles. The molecule has 1 atom stereocenters. The number of fused-ring (bicyclic) bond motifs is 1. The molecule has 0 fully saturated rings. The fourth-order valence-corrected chi connectivity index (χ4v) is 4.02. The number of amides is 2. The van der Waals surface area contributed by atoms with Crippen LogP contribution in [0.3, 0.4) is 0 Å². The first-order valence-corrected chi connectivity index (χ1v) is 11.7. The SMILES string of the molecule is CCC(C(=O)NCC(C)C)N(Cc1ccc(F)cc1)C(=O)CCc1cccc2ccccc12. The van der Waals surface area contributed by atoms with Crippen LogP contribution in [0.25, 0.3) is 10.8 Å². The minimum absolute atomic E-state index is 0.0844. The minimum atomic E-state index is -0.575. The van der Waals surface area contributed by atoms with E-state index in [0.29, 0.717) is 31.7 Å². The summed E-state index contributed by atoms with van der Waals surface area (Å²) in [6, 6.07) is 19.8. The molecule has 4 nitrogen and oxygen atoms in total. The normalized spacial score (nSPS) is 12.0. The Morgan fingerprint density at radius 3 is 2.36 bits per heavy atom. The fourth-order valence-electron chi connectivity index (χ4n) is 4.02. The van der Waals surface area contributed by atoms with Crippen molar-refractivity contribution in [2.75, 3.05) is 6.54 Å². The zero-order valence-electron chi connectivity index (χ0n) is 19.7. The third-order valence-corrected chi connectivity index (χ3v) is 5.82. The highest BCUT2D eigenvalue weighted by Crippen LogP contribution is 2.21. The molecule has 3 aromatic rings. The van der Waals surface area contributed by atoms with Crippen LogP contribution in [0, 0.1) is 11.7 Å². The highest BCUT2D eigenvalue weighted by Gasteiger charge is 2.28. The Morgan fingerprint density at radius 2 is 1.67 bits per heavy atom. The lowest BCUT2D eigenvalue weighted by atomic mass is 10.00. The fraction of sp³-hybridized carbons (Fsp3) is 0.357. The van der Waals surface area contributed by atoms with Gasteiger partial charge in [0.1, 0.15) is 11.9 Å². The summed E-state index contributed by atoms with van der Waals surface area (Å²) in [5.74, 6) is -0.237. The second-order valence-electron chi connectivity index (χ2n) is 8.85. The molecule has 0 aliphatic carbocycles. The molecular formula is C28H33FN2O2. The Bertz CT molecular complexity index is 1070. The van der Waals surface area contributed by atoms with Gasteiger partial charge in [-0.1, -0.05) is 75.4 Å². The maximum Gasteiger partial charge on any atom is 0.242 e. The van der Waals surface area contributed by atoms with Crippen molar-refractivity contribution in [1.29, 1.82) is 0 Å². The van der Waals surface area contributed by atoms with Crippen LogP contribution in [0.1, 0.15) is 44.7 Å². The maximum atomic E-state index is 13.4. The molecule has 2 amide bonds. The average Bonchev–Trinajstić information content (AvgIpc) is 2.82. The van der Waals surface area contributed by atoms with E-state index in [4.69, 9.17) is 0 Å². The first kappa shape index (κ1) is 24.4. The number of benzene rings is 3. The van der Waals surface area contributed by atoms with E-state index in [1.54, 1.807) is 17.0 Å². The van der Waals surface area contributed by atoms with Crippen LogP contribution in [-0.2, 0) is 22.6 Å². The van der Waals surface area contributed by atoms with Crippen LogP contribution in [0.15, 0.2) is 66.7 Å². The van der Waals surface area contributed by atoms with E-state index < -0.39 is 6.04 Å². The highest BCUT2D eigenvalue weighted by atomic mass is 19.1. The molecule has 174 valence electrons. The summed E-state index contributed by atoms with van der Waals surface area (Å²) < 4.78 is 13.4. The zero-order chi connectivity index (χ0) is 23.8. The summed E-state index contributed by atoms with van der Waals surface area (Å²) in [6.45, 7) is 6.81. The van der Waals surface area contributed by atoms with Crippen LogP contribution in [0.5, 0.6) is 0 Å². The van der Waals surface area contributed by atoms with Crippen LogP contribution < -0.4 is 5.32 Å². The van der Waals surface area contributed by atoms with Gasteiger partial charge in [-0.2, -0.15) is 0 Å². The molecular weight excluding hydrogens is 415 g/mol. The lowest BCUT2D eigenvalue weighted by molar-refractivity contribution is -0.141. The Labute approximate surface area is 195 Å². The summed E-state index contributed by atoms with van der Waals surface area (Å²) in [4.78, 5) is 28.0. The van der Waals surface area contributed by atoms with Gasteiger partial charge in [-0.15, -0.1) is 0 Å². The Kier molecular flexibility index (Phi) is 8.58. The first-order valence-electron chi connectivity index (χ1n) is 11.7. The third-order valence-electron chi connectivity index (χ3n) is 5.82. The summed E-state index contributed by atoms with van der Waals surface area (Å²) in [5, 5.41) is 5.25. The summed E-state index contributed by atoms with van der Waals surface area (Å²) in [5.41, 5.74) is 1.91. The van der Waals surface area contributed by atoms with E-state index in [1.807, 2.05) is 45.0 Å². The van der Waals surface area contributed by atoms with Gasteiger partial charge in [0.2, 0.25) is 11.8 Å². The molecule has 1 N–H and O–H groups in total. The second kappa shape index (κ2) is 11.6. The number of hydrogen-bond acceptors (Lipinski definition) is 2. The van der Waals surface area contributed by atoms with E-state index in [0.717, 1.165) is 21.9 Å². The minimum Gasteiger partial charge on any atom is -0.354 e. The number of nitrogens with zero attached hydrogens (tertiary/aromatic N) is 1. The van der Waals surface area contributed by atoms with E-state index in [1.165, 1.54) is 12.1 Å². The van der Waals surface area contributed by atoms with Crippen LogP contribution in [0.2, 0.25) is 0 Å². The molecule has 0 aromatic heterocycles. The smallest absolute Gasteiger partial charge is 0.242 e. The number of carbonyl (C=O) groups is 2. The molecule has 33 heavy (non-hydrogen) atoms. The highest BCUT2D eigenvalue weighted by molar-refractivity contribution is 5.89. The van der Waals surface area contributed by atoms with Gasteiger partial charge in [-0.25, -0.2) is 4.39 Å². The number of nitrogens with one attached hydrogen (secondary N) is 1. The largest absolute Gasteiger partial charge is 0.354 e. The predicted octanol–water partition coefficient (Wildman–Crippen LogP) is 5.49. The standard InChI is InChI=1S/C28H33FN2O2/c1-4-26(28(33)30-18-20(2)3)31(19-21-12-15-24(29)16-13-21)27(32)17-14-23-10-7-9-22-8-5-6-11-25(22)23/h5-13,15-16,20,26H,4,14,17-19H2,1-3H3,(H,30,33). The second-order valence-corrected chi connectivity index (χ2v) is 8.85. The van der Waals surface area contributed by atoms with Crippen molar-refractivity contribution in [3.63, 3.8) is 0 Å². The molecule has 0 aliphatic heterocycles. The van der Waals surface area contributed by atoms with Gasteiger partial charge in [-0.05, 0) is 52.8 Å². The van der Waals surface area contributed by atoms with Gasteiger partial charge in [0, 0.05) is 19.5 Å². The molecule has 0 spiro atoms. The Morgan fingerprint density at radius 1 is 0.970 bits per heavy atom. The summed E-state index contributed by atoms with van der Waals surface area (Å²) in [6.07, 6.45) is 1.39. The van der Waals surface area contributed by atoms with Crippen molar-refractivity contribution in [2.45, 2.75) is 52.6 Å². The lowest BCUT2D eigenvalue weighted by Crippen LogP contribution is -2.49. The van der Waals surface area contributed by atoms with Gasteiger partial charge < -0.3 is 10.2 Å². The molecule has 0 heterocycles. The van der Waals surface area contributed by atoms with E-state index in [2.05, 4.69) is 23.5 Å². The van der Waals surface area contributed by atoms with E-state index in [9.17, 15) is 14.0 Å². The van der Waals surface area contributed by atoms with Crippen LogP contribution in [0.4, 0.5) is 4.39 Å². The molecule has 3 rings (SSSR count). The van der Waals surface area contributed by atoms with Gasteiger partial charge in [0.25, 0.3) is 0 Å². The monoisotopic (exact) mass is 448 g/mol. The van der Waals surface area contributed by atoms with Crippen molar-refractivity contribution in [2.24, 2.45) is 5.92 Å². The number of carbonyl (C=O) groups excluding carboxylic acids is 2. The summed E-state index contributed by atoms with van der Waals surface area (Å²) in [7, 11) is 0.